The lowest BCUT2D eigenvalue weighted by molar-refractivity contribution is -0.119. The summed E-state index contributed by atoms with van der Waals surface area (Å²) < 4.78 is 0. The topological polar surface area (TPSA) is 79.5 Å². The van der Waals surface area contributed by atoms with E-state index in [1.807, 2.05) is 0 Å². The number of guanidine groups is 1. The second kappa shape index (κ2) is 12.9. The van der Waals surface area contributed by atoms with Crippen LogP contribution in [-0.4, -0.2) is 31.5 Å². The number of hydrogen-bond acceptors (Lipinski definition) is 2. The summed E-state index contributed by atoms with van der Waals surface area (Å²) in [5.74, 6) is 0.187. The number of nitrogens with one attached hydrogen (secondary N) is 2. The first-order valence-electron chi connectivity index (χ1n) is 7.12. The molecule has 0 bridgehead atoms. The molecule has 0 aromatic heterocycles. The summed E-state index contributed by atoms with van der Waals surface area (Å²) in [6.45, 7) is 7.06. The van der Waals surface area contributed by atoms with E-state index >= 15 is 0 Å². The maximum Gasteiger partial charge on any atom is 0.242 e. The summed E-state index contributed by atoms with van der Waals surface area (Å²) in [5.41, 5.74) is 5.65. The molecule has 0 aromatic rings. The van der Waals surface area contributed by atoms with Gasteiger partial charge in [-0.05, 0) is 6.42 Å². The molecule has 0 rings (SSSR count). The predicted molar refractivity (Wildman–Crippen MR) is 81.1 cm³/mol. The third-order valence-corrected chi connectivity index (χ3v) is 2.67. The first kappa shape index (κ1) is 17.5. The van der Waals surface area contributed by atoms with E-state index in [1.165, 1.54) is 32.1 Å². The molecule has 0 aliphatic heterocycles. The van der Waals surface area contributed by atoms with Crippen LogP contribution >= 0.6 is 0 Å². The first-order chi connectivity index (χ1) is 9.20. The van der Waals surface area contributed by atoms with Crippen molar-refractivity contribution in [2.24, 2.45) is 10.7 Å². The molecular formula is C14H28N4O. The van der Waals surface area contributed by atoms with Gasteiger partial charge in [0, 0.05) is 13.1 Å². The van der Waals surface area contributed by atoms with E-state index in [0.29, 0.717) is 12.5 Å². The van der Waals surface area contributed by atoms with Gasteiger partial charge in [0.15, 0.2) is 5.96 Å². The van der Waals surface area contributed by atoms with Gasteiger partial charge >= 0.3 is 0 Å². The Balaban J connectivity index is 3.48. The van der Waals surface area contributed by atoms with Crippen LogP contribution in [0, 0.1) is 0 Å². The Morgan fingerprint density at radius 2 is 1.89 bits per heavy atom. The molecule has 110 valence electrons. The van der Waals surface area contributed by atoms with Crippen molar-refractivity contribution in [1.82, 2.24) is 10.6 Å². The maximum atomic E-state index is 11.2. The fourth-order valence-corrected chi connectivity index (χ4v) is 1.58. The molecule has 0 heterocycles. The number of hydrogen-bond donors (Lipinski definition) is 3. The standard InChI is InChI=1S/C14H28N4O/c1-3-5-6-7-8-9-11-17-14(15)18-12-13(19)16-10-4-2/h4H,2-3,5-12H2,1H3,(H,16,19)(H3,15,17,18). The fourth-order valence-electron chi connectivity index (χ4n) is 1.58. The zero-order chi connectivity index (χ0) is 14.3. The summed E-state index contributed by atoms with van der Waals surface area (Å²) in [4.78, 5) is 15.2. The Kier molecular flexibility index (Phi) is 11.9. The molecule has 0 saturated heterocycles. The van der Waals surface area contributed by atoms with Crippen molar-refractivity contribution in [2.75, 3.05) is 19.6 Å². The highest BCUT2D eigenvalue weighted by Crippen LogP contribution is 2.03. The number of carbonyl (C=O) groups excluding carboxylic acids is 1. The van der Waals surface area contributed by atoms with Gasteiger partial charge in [-0.2, -0.15) is 0 Å². The quantitative estimate of drug-likeness (QED) is 0.230. The van der Waals surface area contributed by atoms with Gasteiger partial charge in [-0.1, -0.05) is 45.1 Å². The third-order valence-electron chi connectivity index (χ3n) is 2.67. The van der Waals surface area contributed by atoms with Gasteiger partial charge in [-0.25, -0.2) is 4.99 Å². The zero-order valence-corrected chi connectivity index (χ0v) is 12.1. The molecule has 0 atom stereocenters. The molecule has 0 radical (unpaired) electrons. The van der Waals surface area contributed by atoms with Crippen LogP contribution < -0.4 is 16.4 Å². The molecule has 0 aliphatic carbocycles. The Morgan fingerprint density at radius 3 is 2.58 bits per heavy atom. The number of unbranched alkanes of at least 4 members (excludes halogenated alkanes) is 5. The highest BCUT2D eigenvalue weighted by molar-refractivity contribution is 5.83. The summed E-state index contributed by atoms with van der Waals surface area (Å²) >= 11 is 0. The van der Waals surface area contributed by atoms with Gasteiger partial charge in [0.05, 0.1) is 0 Å². The van der Waals surface area contributed by atoms with Crippen LogP contribution in [0.3, 0.4) is 0 Å². The normalized spacial score (nSPS) is 11.1. The molecule has 4 N–H and O–H groups in total. The molecule has 5 nitrogen and oxygen atoms in total. The Morgan fingerprint density at radius 1 is 1.21 bits per heavy atom. The van der Waals surface area contributed by atoms with Crippen molar-refractivity contribution in [2.45, 2.75) is 45.4 Å². The van der Waals surface area contributed by atoms with Gasteiger partial charge < -0.3 is 16.4 Å². The Hall–Kier alpha value is -1.52. The minimum atomic E-state index is -0.149. The molecule has 0 spiro atoms. The summed E-state index contributed by atoms with van der Waals surface area (Å²) in [6.07, 6.45) is 9.09. The lowest BCUT2D eigenvalue weighted by atomic mass is 10.1. The molecule has 5 heteroatoms. The van der Waals surface area contributed by atoms with Crippen molar-refractivity contribution in [3.05, 3.63) is 12.7 Å². The average Bonchev–Trinajstić information content (AvgIpc) is 2.41. The van der Waals surface area contributed by atoms with E-state index in [9.17, 15) is 4.79 Å². The van der Waals surface area contributed by atoms with Crippen LogP contribution in [0.5, 0.6) is 0 Å². The lowest BCUT2D eigenvalue weighted by Crippen LogP contribution is -2.34. The van der Waals surface area contributed by atoms with Crippen LogP contribution in [0.1, 0.15) is 45.4 Å². The number of carbonyl (C=O) groups is 1. The lowest BCUT2D eigenvalue weighted by Gasteiger charge is -2.05. The molecule has 1 amide bonds. The number of rotatable bonds is 11. The number of nitrogens with two attached hydrogens (primary N) is 1. The summed E-state index contributed by atoms with van der Waals surface area (Å²) in [7, 11) is 0. The zero-order valence-electron chi connectivity index (χ0n) is 12.1. The number of aliphatic imine (C=N–C) groups is 1. The monoisotopic (exact) mass is 268 g/mol. The van der Waals surface area contributed by atoms with E-state index in [0.717, 1.165) is 13.0 Å². The van der Waals surface area contributed by atoms with Crippen molar-refractivity contribution in [1.29, 1.82) is 0 Å². The molecule has 0 fully saturated rings. The van der Waals surface area contributed by atoms with Gasteiger partial charge in [-0.3, -0.25) is 4.79 Å². The molecule has 0 aliphatic rings. The van der Waals surface area contributed by atoms with Crippen LogP contribution in [0.2, 0.25) is 0 Å². The van der Waals surface area contributed by atoms with Crippen LogP contribution in [0.25, 0.3) is 0 Å². The van der Waals surface area contributed by atoms with Crippen molar-refractivity contribution in [3.8, 4) is 0 Å². The molecule has 0 aromatic carbocycles. The molecule has 0 saturated carbocycles. The van der Waals surface area contributed by atoms with Crippen LogP contribution in [0.4, 0.5) is 0 Å². The van der Waals surface area contributed by atoms with E-state index in [2.05, 4.69) is 29.1 Å². The Labute approximate surface area is 116 Å². The minimum Gasteiger partial charge on any atom is -0.370 e. The maximum absolute atomic E-state index is 11.2. The van der Waals surface area contributed by atoms with Crippen molar-refractivity contribution >= 4 is 11.9 Å². The summed E-state index contributed by atoms with van der Waals surface area (Å²) in [6, 6.07) is 0. The van der Waals surface area contributed by atoms with Gasteiger partial charge in [-0.15, -0.1) is 6.58 Å². The summed E-state index contributed by atoms with van der Waals surface area (Å²) in [5, 5.41) is 5.65. The van der Waals surface area contributed by atoms with Gasteiger partial charge in [0.1, 0.15) is 6.54 Å². The van der Waals surface area contributed by atoms with Gasteiger partial charge in [0.25, 0.3) is 0 Å². The highest BCUT2D eigenvalue weighted by Gasteiger charge is 1.98. The number of nitrogens with zero attached hydrogens (tertiary/aromatic N) is 1. The molecule has 0 unspecified atom stereocenters. The first-order valence-corrected chi connectivity index (χ1v) is 7.12. The fraction of sp³-hybridized carbons (Fsp3) is 0.714. The average molecular weight is 268 g/mol. The van der Waals surface area contributed by atoms with Crippen molar-refractivity contribution < 1.29 is 4.79 Å². The number of amides is 1. The third kappa shape index (κ3) is 12.7. The van der Waals surface area contributed by atoms with Gasteiger partial charge in [0.2, 0.25) is 5.91 Å². The van der Waals surface area contributed by atoms with Crippen molar-refractivity contribution in [3.63, 3.8) is 0 Å². The SMILES string of the molecule is C=CCNC(=O)CN=C(N)NCCCCCCCC. The van der Waals surface area contributed by atoms with E-state index in [-0.39, 0.29) is 12.5 Å². The highest BCUT2D eigenvalue weighted by atomic mass is 16.1. The van der Waals surface area contributed by atoms with Crippen LogP contribution in [0.15, 0.2) is 17.6 Å². The second-order valence-corrected chi connectivity index (χ2v) is 4.49. The van der Waals surface area contributed by atoms with E-state index in [4.69, 9.17) is 5.73 Å². The molecule has 19 heavy (non-hydrogen) atoms. The minimum absolute atomic E-state index is 0.0587. The van der Waals surface area contributed by atoms with E-state index in [1.54, 1.807) is 6.08 Å². The smallest absolute Gasteiger partial charge is 0.242 e. The largest absolute Gasteiger partial charge is 0.370 e. The molecular weight excluding hydrogens is 240 g/mol. The second-order valence-electron chi connectivity index (χ2n) is 4.49. The Bertz CT molecular complexity index is 277. The predicted octanol–water partition coefficient (Wildman–Crippen LogP) is 1.55. The van der Waals surface area contributed by atoms with Crippen LogP contribution in [-0.2, 0) is 4.79 Å². The van der Waals surface area contributed by atoms with E-state index < -0.39 is 0 Å².